The third kappa shape index (κ3) is 4.00. The van der Waals surface area contributed by atoms with Crippen LogP contribution >= 0.6 is 0 Å². The highest BCUT2D eigenvalue weighted by Crippen LogP contribution is 2.31. The van der Waals surface area contributed by atoms with Gasteiger partial charge in [0.1, 0.15) is 17.7 Å². The van der Waals surface area contributed by atoms with Gasteiger partial charge in [0.25, 0.3) is 0 Å². The first-order valence-corrected chi connectivity index (χ1v) is 8.27. The molecule has 7 nitrogen and oxygen atoms in total. The summed E-state index contributed by atoms with van der Waals surface area (Å²) in [5.74, 6) is -0.907. The number of halogens is 3. The van der Waals surface area contributed by atoms with Crippen molar-refractivity contribution in [3.63, 3.8) is 0 Å². The Hall–Kier alpha value is -3.30. The smallest absolute Gasteiger partial charge is 0.436 e. The van der Waals surface area contributed by atoms with Crippen molar-refractivity contribution in [1.82, 2.24) is 19.9 Å². The number of oxazole rings is 1. The van der Waals surface area contributed by atoms with Crippen molar-refractivity contribution in [2.75, 3.05) is 5.73 Å². The Balaban J connectivity index is 1.82. The molecule has 3 heterocycles. The van der Waals surface area contributed by atoms with Gasteiger partial charge in [0.15, 0.2) is 17.3 Å². The summed E-state index contributed by atoms with van der Waals surface area (Å²) in [6.45, 7) is 3.38. The Bertz CT molecular complexity index is 1030. The number of hydrogen-bond donors (Lipinski definition) is 1. The van der Waals surface area contributed by atoms with Gasteiger partial charge in [-0.25, -0.2) is 15.0 Å². The van der Waals surface area contributed by atoms with Crippen LogP contribution < -0.4 is 5.73 Å². The van der Waals surface area contributed by atoms with Crippen molar-refractivity contribution in [2.45, 2.75) is 32.9 Å². The standard InChI is InChI=1S/C18H16F3N5O2/c1-9-4-3-7-23-11(9)5-6-12(27)15-16(22)26-14(10(2)24-15)17-25-13(8-28-17)18(19,20)21/h3-4,7-8H,5-6H2,1-2H3,(H2,22,26). The van der Waals surface area contributed by atoms with Crippen LogP contribution in [0.25, 0.3) is 11.6 Å². The van der Waals surface area contributed by atoms with E-state index in [0.717, 1.165) is 11.3 Å². The zero-order chi connectivity index (χ0) is 20.5. The second-order valence-electron chi connectivity index (χ2n) is 6.12. The Morgan fingerprint density at radius 1 is 1.21 bits per heavy atom. The molecule has 0 radical (unpaired) electrons. The monoisotopic (exact) mass is 391 g/mol. The predicted octanol–water partition coefficient (Wildman–Crippen LogP) is 3.56. The molecular formula is C18H16F3N5O2. The van der Waals surface area contributed by atoms with Gasteiger partial charge >= 0.3 is 6.18 Å². The number of ketones is 1. The zero-order valence-electron chi connectivity index (χ0n) is 15.0. The molecule has 0 atom stereocenters. The van der Waals surface area contributed by atoms with E-state index >= 15 is 0 Å². The number of nitrogen functional groups attached to an aromatic ring is 1. The fourth-order valence-corrected chi connectivity index (χ4v) is 2.58. The second kappa shape index (κ2) is 7.37. The normalized spacial score (nSPS) is 11.6. The maximum absolute atomic E-state index is 12.7. The van der Waals surface area contributed by atoms with Gasteiger partial charge in [0, 0.05) is 18.3 Å². The van der Waals surface area contributed by atoms with Gasteiger partial charge in [-0.3, -0.25) is 9.78 Å². The van der Waals surface area contributed by atoms with E-state index in [1.807, 2.05) is 13.0 Å². The van der Waals surface area contributed by atoms with Crippen molar-refractivity contribution in [1.29, 1.82) is 0 Å². The molecule has 0 aromatic carbocycles. The summed E-state index contributed by atoms with van der Waals surface area (Å²) in [5.41, 5.74) is 6.47. The highest BCUT2D eigenvalue weighted by atomic mass is 19.4. The Kier molecular flexibility index (Phi) is 5.12. The lowest BCUT2D eigenvalue weighted by Gasteiger charge is -2.08. The van der Waals surface area contributed by atoms with E-state index in [1.165, 1.54) is 6.92 Å². The van der Waals surface area contributed by atoms with Gasteiger partial charge < -0.3 is 10.2 Å². The first-order valence-electron chi connectivity index (χ1n) is 8.27. The molecule has 3 aromatic heterocycles. The summed E-state index contributed by atoms with van der Waals surface area (Å²) in [5, 5.41) is 0. The summed E-state index contributed by atoms with van der Waals surface area (Å²) in [6.07, 6.45) is -1.99. The number of alkyl halides is 3. The number of nitrogens with two attached hydrogens (primary N) is 1. The average molecular weight is 391 g/mol. The van der Waals surface area contributed by atoms with Gasteiger partial charge in [-0.15, -0.1) is 0 Å². The Morgan fingerprint density at radius 3 is 2.61 bits per heavy atom. The van der Waals surface area contributed by atoms with E-state index in [1.54, 1.807) is 12.3 Å². The number of hydrogen-bond acceptors (Lipinski definition) is 7. The fourth-order valence-electron chi connectivity index (χ4n) is 2.58. The number of anilines is 1. The molecule has 2 N–H and O–H groups in total. The number of rotatable bonds is 5. The number of pyridine rings is 1. The molecule has 0 saturated carbocycles. The molecule has 146 valence electrons. The van der Waals surface area contributed by atoms with Crippen LogP contribution in [0.4, 0.5) is 19.0 Å². The lowest BCUT2D eigenvalue weighted by molar-refractivity contribution is -0.141. The highest BCUT2D eigenvalue weighted by molar-refractivity contribution is 5.98. The molecular weight excluding hydrogens is 375 g/mol. The number of Topliss-reactive ketones (excluding diaryl/α,β-unsaturated/α-hetero) is 1. The van der Waals surface area contributed by atoms with E-state index in [0.29, 0.717) is 12.7 Å². The highest BCUT2D eigenvalue weighted by Gasteiger charge is 2.35. The molecule has 10 heteroatoms. The second-order valence-corrected chi connectivity index (χ2v) is 6.12. The summed E-state index contributed by atoms with van der Waals surface area (Å²) < 4.78 is 42.9. The van der Waals surface area contributed by atoms with Gasteiger partial charge in [0.05, 0.1) is 5.69 Å². The quantitative estimate of drug-likeness (QED) is 0.663. The van der Waals surface area contributed by atoms with E-state index < -0.39 is 11.9 Å². The van der Waals surface area contributed by atoms with Crippen molar-refractivity contribution in [2.24, 2.45) is 0 Å². The molecule has 28 heavy (non-hydrogen) atoms. The van der Waals surface area contributed by atoms with Crippen molar-refractivity contribution in [3.05, 3.63) is 52.9 Å². The molecule has 0 aliphatic carbocycles. The third-order valence-electron chi connectivity index (χ3n) is 4.07. The van der Waals surface area contributed by atoms with Gasteiger partial charge in [-0.2, -0.15) is 13.2 Å². The molecule has 0 amide bonds. The van der Waals surface area contributed by atoms with Crippen LogP contribution in [-0.2, 0) is 12.6 Å². The van der Waals surface area contributed by atoms with E-state index in [4.69, 9.17) is 10.2 Å². The first kappa shape index (κ1) is 19.5. The van der Waals surface area contributed by atoms with E-state index in [-0.39, 0.29) is 41.0 Å². The Morgan fingerprint density at radius 2 is 1.96 bits per heavy atom. The minimum Gasteiger partial charge on any atom is -0.443 e. The molecule has 0 unspecified atom stereocenters. The maximum atomic E-state index is 12.7. The molecule has 0 aliphatic rings. The summed E-state index contributed by atoms with van der Waals surface area (Å²) >= 11 is 0. The van der Waals surface area contributed by atoms with Crippen LogP contribution in [0.1, 0.15) is 39.6 Å². The van der Waals surface area contributed by atoms with Crippen molar-refractivity contribution < 1.29 is 22.4 Å². The van der Waals surface area contributed by atoms with Crippen molar-refractivity contribution in [3.8, 4) is 11.6 Å². The van der Waals surface area contributed by atoms with Crippen LogP contribution in [0.15, 0.2) is 29.0 Å². The zero-order valence-corrected chi connectivity index (χ0v) is 15.0. The number of aryl methyl sites for hydroxylation is 3. The van der Waals surface area contributed by atoms with Gasteiger partial charge in [0.2, 0.25) is 5.89 Å². The van der Waals surface area contributed by atoms with Crippen molar-refractivity contribution >= 4 is 11.6 Å². The molecule has 0 bridgehead atoms. The molecule has 3 aromatic rings. The first-order chi connectivity index (χ1) is 13.2. The molecule has 3 rings (SSSR count). The lowest BCUT2D eigenvalue weighted by Crippen LogP contribution is -2.12. The molecule has 0 aliphatic heterocycles. The minimum absolute atomic E-state index is 0.0440. The minimum atomic E-state index is -4.64. The largest absolute Gasteiger partial charge is 0.443 e. The van der Waals surface area contributed by atoms with Crippen LogP contribution in [0, 0.1) is 13.8 Å². The SMILES string of the molecule is Cc1cccnc1CCC(=O)c1nc(C)c(-c2nc(C(F)(F)F)co2)nc1N. The number of carbonyl (C=O) groups is 1. The molecule has 0 fully saturated rings. The predicted molar refractivity (Wildman–Crippen MR) is 93.3 cm³/mol. The average Bonchev–Trinajstić information content (AvgIpc) is 3.12. The van der Waals surface area contributed by atoms with E-state index in [9.17, 15) is 18.0 Å². The lowest BCUT2D eigenvalue weighted by atomic mass is 10.1. The van der Waals surface area contributed by atoms with Crippen LogP contribution in [0.3, 0.4) is 0 Å². The molecule has 0 saturated heterocycles. The van der Waals surface area contributed by atoms with Crippen LogP contribution in [0.2, 0.25) is 0 Å². The summed E-state index contributed by atoms with van der Waals surface area (Å²) in [7, 11) is 0. The van der Waals surface area contributed by atoms with Gasteiger partial charge in [-0.05, 0) is 31.9 Å². The number of carbonyl (C=O) groups excluding carboxylic acids is 1. The topological polar surface area (TPSA) is 108 Å². The Labute approximate surface area is 157 Å². The van der Waals surface area contributed by atoms with Crippen LogP contribution in [-0.4, -0.2) is 25.7 Å². The number of aromatic nitrogens is 4. The molecule has 0 spiro atoms. The summed E-state index contributed by atoms with van der Waals surface area (Å²) in [6, 6.07) is 3.70. The summed E-state index contributed by atoms with van der Waals surface area (Å²) in [4.78, 5) is 28.2. The third-order valence-corrected chi connectivity index (χ3v) is 4.07. The number of nitrogens with zero attached hydrogens (tertiary/aromatic N) is 4. The maximum Gasteiger partial charge on any atom is 0.436 e. The van der Waals surface area contributed by atoms with Gasteiger partial charge in [-0.1, -0.05) is 6.07 Å². The van der Waals surface area contributed by atoms with E-state index in [2.05, 4.69) is 19.9 Å². The van der Waals surface area contributed by atoms with Crippen LogP contribution in [0.5, 0.6) is 0 Å². The fraction of sp³-hybridized carbons (Fsp3) is 0.278.